The second-order valence-electron chi connectivity index (χ2n) is 3.88. The summed E-state index contributed by atoms with van der Waals surface area (Å²) in [6.45, 7) is 0.568. The van der Waals surface area contributed by atoms with Crippen LogP contribution in [0, 0.1) is 10.1 Å². The third kappa shape index (κ3) is 3.86. The van der Waals surface area contributed by atoms with Crippen molar-refractivity contribution in [3.8, 4) is 11.5 Å². The number of hydrogen-bond acceptors (Lipinski definition) is 4. The topological polar surface area (TPSA) is 61.6 Å². The number of benzene rings is 2. The molecule has 5 nitrogen and oxygen atoms in total. The van der Waals surface area contributed by atoms with Gasteiger partial charge in [0.05, 0.1) is 16.0 Å². The van der Waals surface area contributed by atoms with Crippen LogP contribution in [0.5, 0.6) is 11.5 Å². The normalized spacial score (nSPS) is 10.1. The molecule has 0 saturated heterocycles. The first kappa shape index (κ1) is 14.1. The van der Waals surface area contributed by atoms with Crippen LogP contribution in [0.25, 0.3) is 0 Å². The predicted molar refractivity (Wildman–Crippen MR) is 75.5 cm³/mol. The molecule has 104 valence electrons. The fourth-order valence-electron chi connectivity index (χ4n) is 1.56. The standard InChI is InChI=1S/C14H12ClNO4/c15-13-6-1-2-7-14(13)20-9-8-19-12-5-3-4-11(10-12)16(17)18/h1-7,10H,8-9H2. The molecule has 0 aromatic heterocycles. The van der Waals surface area contributed by atoms with E-state index in [1.54, 1.807) is 24.3 Å². The molecule has 0 heterocycles. The minimum atomic E-state index is -0.465. The van der Waals surface area contributed by atoms with Crippen molar-refractivity contribution in [1.82, 2.24) is 0 Å². The van der Waals surface area contributed by atoms with E-state index in [-0.39, 0.29) is 12.3 Å². The van der Waals surface area contributed by atoms with Crippen molar-refractivity contribution in [3.63, 3.8) is 0 Å². The Balaban J connectivity index is 1.83. The minimum absolute atomic E-state index is 0.00507. The molecule has 6 heteroatoms. The van der Waals surface area contributed by atoms with Crippen LogP contribution in [-0.4, -0.2) is 18.1 Å². The number of nitro groups is 1. The monoisotopic (exact) mass is 293 g/mol. The van der Waals surface area contributed by atoms with Crippen molar-refractivity contribution in [2.75, 3.05) is 13.2 Å². The summed E-state index contributed by atoms with van der Waals surface area (Å²) in [4.78, 5) is 10.2. The highest BCUT2D eigenvalue weighted by molar-refractivity contribution is 6.32. The van der Waals surface area contributed by atoms with Crippen molar-refractivity contribution < 1.29 is 14.4 Å². The number of non-ortho nitro benzene ring substituents is 1. The number of rotatable bonds is 6. The van der Waals surface area contributed by atoms with Crippen LogP contribution in [-0.2, 0) is 0 Å². The number of nitrogens with zero attached hydrogens (tertiary/aromatic N) is 1. The van der Waals surface area contributed by atoms with Gasteiger partial charge in [-0.05, 0) is 18.2 Å². The highest BCUT2D eigenvalue weighted by Crippen LogP contribution is 2.23. The zero-order chi connectivity index (χ0) is 14.4. The lowest BCUT2D eigenvalue weighted by Crippen LogP contribution is -2.09. The predicted octanol–water partition coefficient (Wildman–Crippen LogP) is 3.71. The minimum Gasteiger partial charge on any atom is -0.490 e. The number of halogens is 1. The van der Waals surface area contributed by atoms with Gasteiger partial charge in [0.25, 0.3) is 5.69 Å². The molecule has 0 spiro atoms. The van der Waals surface area contributed by atoms with Gasteiger partial charge in [-0.1, -0.05) is 29.8 Å². The Kier molecular flexibility index (Phi) is 4.79. The SMILES string of the molecule is O=[N+]([O-])c1cccc(OCCOc2ccccc2Cl)c1. The van der Waals surface area contributed by atoms with Crippen LogP contribution < -0.4 is 9.47 Å². The largest absolute Gasteiger partial charge is 0.490 e. The van der Waals surface area contributed by atoms with Gasteiger partial charge in [0.2, 0.25) is 0 Å². The van der Waals surface area contributed by atoms with Crippen molar-refractivity contribution in [2.45, 2.75) is 0 Å². The van der Waals surface area contributed by atoms with E-state index in [0.717, 1.165) is 0 Å². The molecule has 20 heavy (non-hydrogen) atoms. The van der Waals surface area contributed by atoms with Crippen LogP contribution >= 0.6 is 11.6 Å². The highest BCUT2D eigenvalue weighted by Gasteiger charge is 2.06. The molecule has 2 aromatic rings. The van der Waals surface area contributed by atoms with Crippen LogP contribution in [0.3, 0.4) is 0 Å². The van der Waals surface area contributed by atoms with Gasteiger partial charge in [-0.3, -0.25) is 10.1 Å². The van der Waals surface area contributed by atoms with Crippen molar-refractivity contribution in [3.05, 3.63) is 63.7 Å². The van der Waals surface area contributed by atoms with Crippen molar-refractivity contribution in [2.24, 2.45) is 0 Å². The summed E-state index contributed by atoms with van der Waals surface area (Å²) in [5, 5.41) is 11.1. The maximum Gasteiger partial charge on any atom is 0.273 e. The molecule has 0 fully saturated rings. The van der Waals surface area contributed by atoms with Gasteiger partial charge in [0.15, 0.2) is 0 Å². The Morgan fingerprint density at radius 2 is 1.80 bits per heavy atom. The smallest absolute Gasteiger partial charge is 0.273 e. The molecular weight excluding hydrogens is 282 g/mol. The molecule has 0 aliphatic heterocycles. The van der Waals surface area contributed by atoms with E-state index >= 15 is 0 Å². The summed E-state index contributed by atoms with van der Waals surface area (Å²) in [5.41, 5.74) is -0.00507. The van der Waals surface area contributed by atoms with Gasteiger partial charge >= 0.3 is 0 Å². The Morgan fingerprint density at radius 1 is 1.05 bits per heavy atom. The van der Waals surface area contributed by atoms with Gasteiger partial charge in [-0.15, -0.1) is 0 Å². The average molecular weight is 294 g/mol. The lowest BCUT2D eigenvalue weighted by Gasteiger charge is -2.09. The molecule has 0 N–H and O–H groups in total. The van der Waals surface area contributed by atoms with Crippen molar-refractivity contribution in [1.29, 1.82) is 0 Å². The van der Waals surface area contributed by atoms with E-state index in [0.29, 0.717) is 23.1 Å². The molecule has 0 aliphatic carbocycles. The zero-order valence-electron chi connectivity index (χ0n) is 10.5. The summed E-state index contributed by atoms with van der Waals surface area (Å²) in [6, 6.07) is 13.1. The van der Waals surface area contributed by atoms with E-state index in [2.05, 4.69) is 0 Å². The maximum atomic E-state index is 10.6. The number of hydrogen-bond donors (Lipinski definition) is 0. The second kappa shape index (κ2) is 6.77. The molecule has 0 unspecified atom stereocenters. The Labute approximate surface area is 120 Å². The molecule has 0 amide bonds. The Hall–Kier alpha value is -2.27. The average Bonchev–Trinajstić information content (AvgIpc) is 2.45. The van der Waals surface area contributed by atoms with E-state index < -0.39 is 4.92 Å². The zero-order valence-corrected chi connectivity index (χ0v) is 11.2. The summed E-state index contributed by atoms with van der Waals surface area (Å²) in [7, 11) is 0. The summed E-state index contributed by atoms with van der Waals surface area (Å²) < 4.78 is 10.8. The molecule has 2 rings (SSSR count). The molecule has 0 atom stereocenters. The van der Waals surface area contributed by atoms with Gasteiger partial charge in [-0.25, -0.2) is 0 Å². The first-order valence-corrected chi connectivity index (χ1v) is 6.29. The third-order valence-corrected chi connectivity index (χ3v) is 2.79. The first-order valence-electron chi connectivity index (χ1n) is 5.91. The fourth-order valence-corrected chi connectivity index (χ4v) is 1.75. The van der Waals surface area contributed by atoms with Gasteiger partial charge in [0.1, 0.15) is 24.7 Å². The molecule has 0 bridgehead atoms. The summed E-state index contributed by atoms with van der Waals surface area (Å²) in [5.74, 6) is 1.01. The van der Waals surface area contributed by atoms with Gasteiger partial charge in [0, 0.05) is 6.07 Å². The third-order valence-electron chi connectivity index (χ3n) is 2.47. The fraction of sp³-hybridized carbons (Fsp3) is 0.143. The van der Waals surface area contributed by atoms with Crippen LogP contribution in [0.15, 0.2) is 48.5 Å². The van der Waals surface area contributed by atoms with Crippen LogP contribution in [0.4, 0.5) is 5.69 Å². The van der Waals surface area contributed by atoms with E-state index in [9.17, 15) is 10.1 Å². The number of ether oxygens (including phenoxy) is 2. The second-order valence-corrected chi connectivity index (χ2v) is 4.29. The van der Waals surface area contributed by atoms with E-state index in [4.69, 9.17) is 21.1 Å². The van der Waals surface area contributed by atoms with Gasteiger partial charge < -0.3 is 9.47 Å². The maximum absolute atomic E-state index is 10.6. The van der Waals surface area contributed by atoms with E-state index in [1.165, 1.54) is 12.1 Å². The number of nitro benzene ring substituents is 1. The first-order chi connectivity index (χ1) is 9.66. The molecule has 0 aliphatic rings. The Bertz CT molecular complexity index is 603. The van der Waals surface area contributed by atoms with Crippen LogP contribution in [0.2, 0.25) is 5.02 Å². The summed E-state index contributed by atoms with van der Waals surface area (Å²) >= 11 is 5.94. The lowest BCUT2D eigenvalue weighted by molar-refractivity contribution is -0.384. The Morgan fingerprint density at radius 3 is 2.55 bits per heavy atom. The molecule has 0 radical (unpaired) electrons. The number of para-hydroxylation sites is 1. The molecule has 0 saturated carbocycles. The highest BCUT2D eigenvalue weighted by atomic mass is 35.5. The molecule has 2 aromatic carbocycles. The summed E-state index contributed by atoms with van der Waals surface area (Å²) in [6.07, 6.45) is 0. The van der Waals surface area contributed by atoms with Gasteiger partial charge in [-0.2, -0.15) is 0 Å². The van der Waals surface area contributed by atoms with Crippen molar-refractivity contribution >= 4 is 17.3 Å². The van der Waals surface area contributed by atoms with E-state index in [1.807, 2.05) is 12.1 Å². The molecular formula is C14H12ClNO4. The lowest BCUT2D eigenvalue weighted by atomic mass is 10.3. The van der Waals surface area contributed by atoms with Crippen LogP contribution in [0.1, 0.15) is 0 Å². The quantitative estimate of drug-likeness (QED) is 0.463.